The third kappa shape index (κ3) is 3.53. The highest BCUT2D eigenvalue weighted by Gasteiger charge is 2.54. The Hall–Kier alpha value is -3.30. The number of esters is 3. The Balaban J connectivity index is 1.81. The second-order valence-electron chi connectivity index (χ2n) is 7.43. The van der Waals surface area contributed by atoms with Crippen molar-refractivity contribution in [2.24, 2.45) is 0 Å². The van der Waals surface area contributed by atoms with E-state index in [2.05, 4.69) is 5.32 Å². The predicted molar refractivity (Wildman–Crippen MR) is 97.8 cm³/mol. The minimum absolute atomic E-state index is 0.0336. The molecule has 1 saturated carbocycles. The van der Waals surface area contributed by atoms with E-state index < -0.39 is 48.2 Å². The molecule has 0 bridgehead atoms. The molecule has 1 aromatic carbocycles. The Morgan fingerprint density at radius 2 is 1.53 bits per heavy atom. The van der Waals surface area contributed by atoms with Gasteiger partial charge >= 0.3 is 17.9 Å². The van der Waals surface area contributed by atoms with Crippen LogP contribution < -0.4 is 14.8 Å². The zero-order valence-corrected chi connectivity index (χ0v) is 16.6. The smallest absolute Gasteiger partial charge is 0.303 e. The highest BCUT2D eigenvalue weighted by atomic mass is 16.7. The average molecular weight is 419 g/mol. The van der Waals surface area contributed by atoms with Crippen LogP contribution in [-0.4, -0.2) is 55.0 Å². The van der Waals surface area contributed by atoms with Crippen LogP contribution in [0, 0.1) is 0 Å². The topological polar surface area (TPSA) is 126 Å². The largest absolute Gasteiger partial charge is 0.458 e. The van der Waals surface area contributed by atoms with Crippen LogP contribution in [-0.2, 0) is 28.6 Å². The first-order valence-corrected chi connectivity index (χ1v) is 9.50. The summed E-state index contributed by atoms with van der Waals surface area (Å²) in [6.07, 6.45) is -2.74. The number of ether oxygens (including phenoxy) is 5. The minimum atomic E-state index is -1.04. The molecule has 1 aliphatic carbocycles. The SMILES string of the molecule is CC(=O)O[C@@H]1[C@@H](OC(C)=O)[C@@H](OC(C)=O)C[C@@H]2NC(=O)c3cc4c(cc3[C@@H]12)OCO4. The van der Waals surface area contributed by atoms with Gasteiger partial charge < -0.3 is 29.0 Å². The molecular formula is C20H21NO9. The number of rotatable bonds is 3. The van der Waals surface area contributed by atoms with Gasteiger partial charge in [0, 0.05) is 44.7 Å². The molecule has 2 aliphatic heterocycles. The summed E-state index contributed by atoms with van der Waals surface area (Å²) >= 11 is 0. The van der Waals surface area contributed by atoms with Crippen LogP contribution >= 0.6 is 0 Å². The van der Waals surface area contributed by atoms with Gasteiger partial charge in [0.15, 0.2) is 23.7 Å². The van der Waals surface area contributed by atoms with Crippen LogP contribution in [0.1, 0.15) is 49.0 Å². The molecule has 4 rings (SSSR count). The van der Waals surface area contributed by atoms with Gasteiger partial charge in [-0.2, -0.15) is 0 Å². The van der Waals surface area contributed by atoms with Crippen molar-refractivity contribution in [2.45, 2.75) is 57.5 Å². The molecule has 3 aliphatic rings. The summed E-state index contributed by atoms with van der Waals surface area (Å²) in [5.74, 6) is -1.77. The summed E-state index contributed by atoms with van der Waals surface area (Å²) < 4.78 is 27.2. The zero-order valence-electron chi connectivity index (χ0n) is 16.6. The quantitative estimate of drug-likeness (QED) is 0.559. The van der Waals surface area contributed by atoms with Crippen molar-refractivity contribution >= 4 is 23.8 Å². The fraction of sp³-hybridized carbons (Fsp3) is 0.500. The first kappa shape index (κ1) is 20.0. The molecule has 10 heteroatoms. The van der Waals surface area contributed by atoms with E-state index in [4.69, 9.17) is 23.7 Å². The van der Waals surface area contributed by atoms with E-state index in [0.717, 1.165) is 0 Å². The molecule has 0 aromatic heterocycles. The van der Waals surface area contributed by atoms with Gasteiger partial charge in [0.25, 0.3) is 5.91 Å². The number of carbonyl (C=O) groups excluding carboxylic acids is 4. The van der Waals surface area contributed by atoms with E-state index in [1.807, 2.05) is 0 Å². The molecule has 1 amide bonds. The molecule has 5 atom stereocenters. The lowest BCUT2D eigenvalue weighted by atomic mass is 9.71. The van der Waals surface area contributed by atoms with Gasteiger partial charge in [-0.3, -0.25) is 19.2 Å². The van der Waals surface area contributed by atoms with Crippen LogP contribution in [0.5, 0.6) is 11.5 Å². The molecule has 0 radical (unpaired) electrons. The second-order valence-corrected chi connectivity index (χ2v) is 7.43. The van der Waals surface area contributed by atoms with E-state index in [0.29, 0.717) is 22.6 Å². The maximum absolute atomic E-state index is 12.7. The van der Waals surface area contributed by atoms with Gasteiger partial charge in [-0.15, -0.1) is 0 Å². The number of benzene rings is 1. The van der Waals surface area contributed by atoms with Gasteiger partial charge in [-0.05, 0) is 17.7 Å². The van der Waals surface area contributed by atoms with Crippen LogP contribution in [0.3, 0.4) is 0 Å². The fourth-order valence-electron chi connectivity index (χ4n) is 4.39. The van der Waals surface area contributed by atoms with Crippen molar-refractivity contribution in [2.75, 3.05) is 6.79 Å². The number of amides is 1. The highest BCUT2D eigenvalue weighted by molar-refractivity contribution is 5.98. The number of hydrogen-bond acceptors (Lipinski definition) is 9. The second kappa shape index (κ2) is 7.51. The molecule has 1 aromatic rings. The number of fused-ring (bicyclic) bond motifs is 4. The van der Waals surface area contributed by atoms with Crippen LogP contribution in [0.25, 0.3) is 0 Å². The normalized spacial score (nSPS) is 28.5. The highest BCUT2D eigenvalue weighted by Crippen LogP contribution is 2.46. The number of carbonyl (C=O) groups is 4. The van der Waals surface area contributed by atoms with E-state index in [1.165, 1.54) is 20.8 Å². The molecule has 1 fully saturated rings. The lowest BCUT2D eigenvalue weighted by molar-refractivity contribution is -0.194. The number of hydrogen-bond donors (Lipinski definition) is 1. The van der Waals surface area contributed by atoms with Crippen LogP contribution in [0.15, 0.2) is 12.1 Å². The Bertz CT molecular complexity index is 927. The Labute approximate surface area is 171 Å². The molecular weight excluding hydrogens is 398 g/mol. The Morgan fingerprint density at radius 1 is 0.933 bits per heavy atom. The lowest BCUT2D eigenvalue weighted by Gasteiger charge is -2.47. The van der Waals surface area contributed by atoms with E-state index in [1.54, 1.807) is 12.1 Å². The third-order valence-corrected chi connectivity index (χ3v) is 5.35. The van der Waals surface area contributed by atoms with Crippen molar-refractivity contribution in [3.8, 4) is 11.5 Å². The Morgan fingerprint density at radius 3 is 2.17 bits per heavy atom. The summed E-state index contributed by atoms with van der Waals surface area (Å²) in [5.41, 5.74) is 0.933. The molecule has 1 N–H and O–H groups in total. The van der Waals surface area contributed by atoms with Gasteiger partial charge in [0.1, 0.15) is 6.10 Å². The minimum Gasteiger partial charge on any atom is -0.458 e. The van der Waals surface area contributed by atoms with Crippen LogP contribution in [0.2, 0.25) is 0 Å². The van der Waals surface area contributed by atoms with E-state index >= 15 is 0 Å². The molecule has 0 spiro atoms. The standard InChI is InChI=1S/C20H21NO9/c1-8(22)28-16-6-13-17(19(30-10(3)24)18(16)29-9(2)23)11-4-14-15(27-7-26-14)5-12(11)20(25)21-13/h4-5,13,16-19H,6-7H2,1-3H3,(H,21,25)/t13-,16-,17+,18-,19-/m0/s1. The van der Waals surface area contributed by atoms with Gasteiger partial charge in [-0.25, -0.2) is 0 Å². The maximum atomic E-state index is 12.7. The van der Waals surface area contributed by atoms with E-state index in [9.17, 15) is 19.2 Å². The molecule has 0 saturated heterocycles. The summed E-state index contributed by atoms with van der Waals surface area (Å²) in [6, 6.07) is 2.74. The summed E-state index contributed by atoms with van der Waals surface area (Å²) in [7, 11) is 0. The first-order valence-electron chi connectivity index (χ1n) is 9.50. The van der Waals surface area contributed by atoms with Gasteiger partial charge in [0.2, 0.25) is 6.79 Å². The van der Waals surface area contributed by atoms with Crippen molar-refractivity contribution in [3.63, 3.8) is 0 Å². The monoisotopic (exact) mass is 419 g/mol. The summed E-state index contributed by atoms with van der Waals surface area (Å²) in [6.45, 7) is 3.71. The third-order valence-electron chi connectivity index (χ3n) is 5.35. The lowest BCUT2D eigenvalue weighted by Crippen LogP contribution is -2.61. The van der Waals surface area contributed by atoms with Gasteiger partial charge in [0.05, 0.1) is 0 Å². The number of nitrogens with one attached hydrogen (secondary N) is 1. The zero-order chi connectivity index (χ0) is 21.6. The molecule has 2 heterocycles. The molecule has 10 nitrogen and oxygen atoms in total. The first-order chi connectivity index (χ1) is 14.2. The Kier molecular flexibility index (Phi) is 5.00. The molecule has 30 heavy (non-hydrogen) atoms. The summed E-state index contributed by atoms with van der Waals surface area (Å²) in [4.78, 5) is 48.1. The van der Waals surface area contributed by atoms with Crippen LogP contribution in [0.4, 0.5) is 0 Å². The molecule has 160 valence electrons. The van der Waals surface area contributed by atoms with E-state index in [-0.39, 0.29) is 19.1 Å². The van der Waals surface area contributed by atoms with Crippen molar-refractivity contribution < 1.29 is 42.9 Å². The average Bonchev–Trinajstić information content (AvgIpc) is 3.09. The maximum Gasteiger partial charge on any atom is 0.303 e. The summed E-state index contributed by atoms with van der Waals surface area (Å²) in [5, 5.41) is 2.89. The fourth-order valence-corrected chi connectivity index (χ4v) is 4.39. The van der Waals surface area contributed by atoms with Crippen molar-refractivity contribution in [1.29, 1.82) is 0 Å². The molecule has 0 unspecified atom stereocenters. The van der Waals surface area contributed by atoms with Gasteiger partial charge in [-0.1, -0.05) is 0 Å². The van der Waals surface area contributed by atoms with Crippen molar-refractivity contribution in [1.82, 2.24) is 5.32 Å². The predicted octanol–water partition coefficient (Wildman–Crippen LogP) is 0.810. The van der Waals surface area contributed by atoms with Crippen molar-refractivity contribution in [3.05, 3.63) is 23.3 Å².